The van der Waals surface area contributed by atoms with Crippen LogP contribution in [0.15, 0.2) is 48.5 Å². The van der Waals surface area contributed by atoms with E-state index in [4.69, 9.17) is 16.3 Å². The highest BCUT2D eigenvalue weighted by Crippen LogP contribution is 2.24. The monoisotopic (exact) mass is 314 g/mol. The van der Waals surface area contributed by atoms with Gasteiger partial charge in [-0.1, -0.05) is 29.8 Å². The van der Waals surface area contributed by atoms with Crippen molar-refractivity contribution in [3.8, 4) is 11.8 Å². The third kappa shape index (κ3) is 4.41. The van der Waals surface area contributed by atoms with Crippen molar-refractivity contribution in [3.05, 3.63) is 59.1 Å². The summed E-state index contributed by atoms with van der Waals surface area (Å²) in [5, 5.41) is 9.98. The van der Waals surface area contributed by atoms with Crippen LogP contribution in [0, 0.1) is 11.3 Å². The largest absolute Gasteiger partial charge is 0.493 e. The van der Waals surface area contributed by atoms with E-state index in [2.05, 4.69) is 6.07 Å². The van der Waals surface area contributed by atoms with Gasteiger partial charge in [0.2, 0.25) is 0 Å². The highest BCUT2D eigenvalue weighted by Gasteiger charge is 2.11. The van der Waals surface area contributed by atoms with Gasteiger partial charge in [-0.2, -0.15) is 5.26 Å². The van der Waals surface area contributed by atoms with Crippen molar-refractivity contribution in [2.75, 3.05) is 25.6 Å². The van der Waals surface area contributed by atoms with Crippen molar-refractivity contribution in [1.82, 2.24) is 0 Å². The molecule has 0 bridgehead atoms. The molecule has 0 amide bonds. The SMILES string of the molecule is CN(C)c1cccc(OCCC(C#N)c2cccc(Cl)c2)c1. The lowest BCUT2D eigenvalue weighted by Crippen LogP contribution is -2.09. The van der Waals surface area contributed by atoms with Crippen LogP contribution in [0.1, 0.15) is 17.9 Å². The Labute approximate surface area is 136 Å². The van der Waals surface area contributed by atoms with Gasteiger partial charge in [0.05, 0.1) is 18.6 Å². The van der Waals surface area contributed by atoms with Crippen molar-refractivity contribution >= 4 is 17.3 Å². The van der Waals surface area contributed by atoms with Gasteiger partial charge in [-0.05, 0) is 29.8 Å². The Kier molecular flexibility index (Phi) is 5.68. The van der Waals surface area contributed by atoms with Crippen LogP contribution in [-0.4, -0.2) is 20.7 Å². The molecule has 0 spiro atoms. The zero-order chi connectivity index (χ0) is 15.9. The second-order valence-corrected chi connectivity index (χ2v) is 5.70. The third-order valence-electron chi connectivity index (χ3n) is 3.42. The average Bonchev–Trinajstić information content (AvgIpc) is 2.52. The van der Waals surface area contributed by atoms with E-state index in [9.17, 15) is 5.26 Å². The number of ether oxygens (including phenoxy) is 1. The molecule has 0 aromatic heterocycles. The molecule has 2 aromatic rings. The summed E-state index contributed by atoms with van der Waals surface area (Å²) in [5.41, 5.74) is 2.02. The van der Waals surface area contributed by atoms with Crippen LogP contribution < -0.4 is 9.64 Å². The normalized spacial score (nSPS) is 11.5. The van der Waals surface area contributed by atoms with E-state index in [1.807, 2.05) is 67.5 Å². The number of hydrogen-bond acceptors (Lipinski definition) is 3. The molecular formula is C18H19ClN2O. The van der Waals surface area contributed by atoms with Crippen molar-refractivity contribution in [3.63, 3.8) is 0 Å². The quantitative estimate of drug-likeness (QED) is 0.788. The molecule has 0 radical (unpaired) electrons. The van der Waals surface area contributed by atoms with Gasteiger partial charge in [0, 0.05) is 37.3 Å². The van der Waals surface area contributed by atoms with Crippen LogP contribution in [0.3, 0.4) is 0 Å². The highest BCUT2D eigenvalue weighted by atomic mass is 35.5. The summed E-state index contributed by atoms with van der Waals surface area (Å²) < 4.78 is 5.77. The zero-order valence-electron chi connectivity index (χ0n) is 12.8. The molecule has 4 heteroatoms. The molecule has 1 unspecified atom stereocenters. The molecule has 0 N–H and O–H groups in total. The molecule has 0 heterocycles. The van der Waals surface area contributed by atoms with Gasteiger partial charge in [-0.15, -0.1) is 0 Å². The number of nitrogens with zero attached hydrogens (tertiary/aromatic N) is 2. The van der Waals surface area contributed by atoms with E-state index in [0.717, 1.165) is 17.0 Å². The molecule has 0 fully saturated rings. The van der Waals surface area contributed by atoms with Crippen molar-refractivity contribution in [2.24, 2.45) is 0 Å². The Bertz CT molecular complexity index is 664. The van der Waals surface area contributed by atoms with Gasteiger partial charge in [0.25, 0.3) is 0 Å². The standard InChI is InChI=1S/C18H19ClN2O/c1-21(2)17-7-4-8-18(12-17)22-10-9-15(13-20)14-5-3-6-16(19)11-14/h3-8,11-12,15H,9-10H2,1-2H3. The maximum Gasteiger partial charge on any atom is 0.121 e. The van der Waals surface area contributed by atoms with Crippen LogP contribution >= 0.6 is 11.6 Å². The predicted octanol–water partition coefficient (Wildman–Crippen LogP) is 4.48. The van der Waals surface area contributed by atoms with Crippen LogP contribution in [0.5, 0.6) is 5.75 Å². The van der Waals surface area contributed by atoms with E-state index in [-0.39, 0.29) is 5.92 Å². The maximum absolute atomic E-state index is 9.33. The first-order valence-electron chi connectivity index (χ1n) is 7.15. The summed E-state index contributed by atoms with van der Waals surface area (Å²) in [5.74, 6) is 0.602. The fourth-order valence-electron chi connectivity index (χ4n) is 2.18. The molecule has 114 valence electrons. The molecule has 1 atom stereocenters. The summed E-state index contributed by atoms with van der Waals surface area (Å²) in [7, 11) is 3.98. The first-order chi connectivity index (χ1) is 10.6. The lowest BCUT2D eigenvalue weighted by atomic mass is 9.98. The van der Waals surface area contributed by atoms with E-state index < -0.39 is 0 Å². The lowest BCUT2D eigenvalue weighted by Gasteiger charge is -2.15. The van der Waals surface area contributed by atoms with Crippen molar-refractivity contribution in [1.29, 1.82) is 5.26 Å². The lowest BCUT2D eigenvalue weighted by molar-refractivity contribution is 0.306. The second-order valence-electron chi connectivity index (χ2n) is 5.27. The van der Waals surface area contributed by atoms with Gasteiger partial charge < -0.3 is 9.64 Å². The molecule has 0 saturated heterocycles. The Morgan fingerprint density at radius 3 is 2.64 bits per heavy atom. The molecule has 2 rings (SSSR count). The minimum atomic E-state index is -0.212. The molecule has 0 saturated carbocycles. The fourth-order valence-corrected chi connectivity index (χ4v) is 2.37. The van der Waals surface area contributed by atoms with E-state index in [1.54, 1.807) is 0 Å². The van der Waals surface area contributed by atoms with E-state index >= 15 is 0 Å². The molecule has 3 nitrogen and oxygen atoms in total. The minimum Gasteiger partial charge on any atom is -0.493 e. The van der Waals surface area contributed by atoms with Crippen LogP contribution in [0.4, 0.5) is 5.69 Å². The van der Waals surface area contributed by atoms with Gasteiger partial charge >= 0.3 is 0 Å². The molecule has 2 aromatic carbocycles. The summed E-state index contributed by atoms with van der Waals surface area (Å²) in [4.78, 5) is 2.02. The first-order valence-corrected chi connectivity index (χ1v) is 7.53. The zero-order valence-corrected chi connectivity index (χ0v) is 13.5. The number of anilines is 1. The number of benzene rings is 2. The van der Waals surface area contributed by atoms with Gasteiger partial charge in [0.1, 0.15) is 5.75 Å². The molecule has 0 aliphatic heterocycles. The number of halogens is 1. The van der Waals surface area contributed by atoms with Crippen molar-refractivity contribution in [2.45, 2.75) is 12.3 Å². The predicted molar refractivity (Wildman–Crippen MR) is 90.7 cm³/mol. The van der Waals surface area contributed by atoms with Gasteiger partial charge in [-0.25, -0.2) is 0 Å². The Morgan fingerprint density at radius 1 is 1.18 bits per heavy atom. The summed E-state index contributed by atoms with van der Waals surface area (Å²) in [6, 6.07) is 17.6. The van der Waals surface area contributed by atoms with E-state index in [0.29, 0.717) is 18.1 Å². The van der Waals surface area contributed by atoms with E-state index in [1.165, 1.54) is 0 Å². The summed E-state index contributed by atoms with van der Waals surface area (Å²) in [6.45, 7) is 0.488. The summed E-state index contributed by atoms with van der Waals surface area (Å²) >= 11 is 5.98. The van der Waals surface area contributed by atoms with Gasteiger partial charge in [0.15, 0.2) is 0 Å². The Hall–Kier alpha value is -2.18. The molecule has 0 aliphatic rings. The second kappa shape index (κ2) is 7.72. The Morgan fingerprint density at radius 2 is 1.95 bits per heavy atom. The number of nitriles is 1. The Balaban J connectivity index is 1.95. The maximum atomic E-state index is 9.33. The minimum absolute atomic E-state index is 0.212. The van der Waals surface area contributed by atoms with Crippen molar-refractivity contribution < 1.29 is 4.74 Å². The van der Waals surface area contributed by atoms with Crippen LogP contribution in [0.2, 0.25) is 5.02 Å². The number of hydrogen-bond donors (Lipinski definition) is 0. The summed E-state index contributed by atoms with van der Waals surface area (Å²) in [6.07, 6.45) is 0.628. The topological polar surface area (TPSA) is 36.3 Å². The fraction of sp³-hybridized carbons (Fsp3) is 0.278. The molecular weight excluding hydrogens is 296 g/mol. The average molecular weight is 315 g/mol. The first kappa shape index (κ1) is 16.2. The number of rotatable bonds is 6. The smallest absolute Gasteiger partial charge is 0.121 e. The van der Waals surface area contributed by atoms with Gasteiger partial charge in [-0.3, -0.25) is 0 Å². The molecule has 0 aliphatic carbocycles. The van der Waals surface area contributed by atoms with Crippen LogP contribution in [-0.2, 0) is 0 Å². The van der Waals surface area contributed by atoms with Crippen LogP contribution in [0.25, 0.3) is 0 Å². The third-order valence-corrected chi connectivity index (χ3v) is 3.65. The molecule has 22 heavy (non-hydrogen) atoms. The highest BCUT2D eigenvalue weighted by molar-refractivity contribution is 6.30.